The summed E-state index contributed by atoms with van der Waals surface area (Å²) in [7, 11) is 5.32. The van der Waals surface area contributed by atoms with Crippen molar-refractivity contribution < 1.29 is 9.47 Å². The highest BCUT2D eigenvalue weighted by Gasteiger charge is 2.19. The Bertz CT molecular complexity index is 573. The average Bonchev–Trinajstić information content (AvgIpc) is 2.79. The second kappa shape index (κ2) is 6.29. The summed E-state index contributed by atoms with van der Waals surface area (Å²) in [5.74, 6) is 1.64. The number of thiophene rings is 1. The van der Waals surface area contributed by atoms with Gasteiger partial charge in [0.15, 0.2) is 0 Å². The van der Waals surface area contributed by atoms with Crippen LogP contribution in [-0.4, -0.2) is 21.3 Å². The first-order valence-corrected chi connectivity index (χ1v) is 7.38. The molecule has 0 saturated carbocycles. The number of nitrogens with one attached hydrogen (secondary N) is 1. The third-order valence-corrected chi connectivity index (χ3v) is 4.73. The molecule has 0 aliphatic carbocycles. The molecule has 0 aliphatic rings. The molecule has 1 unspecified atom stereocenters. The van der Waals surface area contributed by atoms with Gasteiger partial charge in [-0.15, -0.1) is 11.3 Å². The molecule has 0 amide bonds. The Labute approximate surface area is 124 Å². The van der Waals surface area contributed by atoms with Crippen LogP contribution in [0.15, 0.2) is 24.3 Å². The SMILES string of the molecule is CNC(c1cc(C)c(C)s1)c1ccc(OC)cc1OC. The van der Waals surface area contributed by atoms with Gasteiger partial charge < -0.3 is 14.8 Å². The molecule has 3 nitrogen and oxygen atoms in total. The van der Waals surface area contributed by atoms with Crippen LogP contribution in [0.2, 0.25) is 0 Å². The van der Waals surface area contributed by atoms with E-state index >= 15 is 0 Å². The van der Waals surface area contributed by atoms with Gasteiger partial charge in [0.25, 0.3) is 0 Å². The van der Waals surface area contributed by atoms with Crippen molar-refractivity contribution >= 4 is 11.3 Å². The van der Waals surface area contributed by atoms with Crippen LogP contribution >= 0.6 is 11.3 Å². The summed E-state index contributed by atoms with van der Waals surface area (Å²) in [6.07, 6.45) is 0. The van der Waals surface area contributed by atoms with Crippen molar-refractivity contribution in [2.75, 3.05) is 21.3 Å². The lowest BCUT2D eigenvalue weighted by molar-refractivity contribution is 0.388. The van der Waals surface area contributed by atoms with Gasteiger partial charge in [0, 0.05) is 21.4 Å². The van der Waals surface area contributed by atoms with Crippen molar-refractivity contribution in [2.24, 2.45) is 0 Å². The van der Waals surface area contributed by atoms with Crippen molar-refractivity contribution in [3.05, 3.63) is 45.1 Å². The molecule has 1 heterocycles. The minimum Gasteiger partial charge on any atom is -0.497 e. The van der Waals surface area contributed by atoms with Crippen LogP contribution in [0.25, 0.3) is 0 Å². The summed E-state index contributed by atoms with van der Waals surface area (Å²) in [5, 5.41) is 3.38. The highest BCUT2D eigenvalue weighted by molar-refractivity contribution is 7.12. The van der Waals surface area contributed by atoms with Gasteiger partial charge in [0.2, 0.25) is 0 Å². The third-order valence-electron chi connectivity index (χ3n) is 3.51. The third kappa shape index (κ3) is 2.81. The maximum atomic E-state index is 5.51. The average molecular weight is 291 g/mol. The summed E-state index contributed by atoms with van der Waals surface area (Å²) in [4.78, 5) is 2.65. The van der Waals surface area contributed by atoms with E-state index in [-0.39, 0.29) is 6.04 Å². The number of hydrogen-bond acceptors (Lipinski definition) is 4. The van der Waals surface area contributed by atoms with Crippen LogP contribution in [0.5, 0.6) is 11.5 Å². The standard InChI is InChI=1S/C16H21NO2S/c1-10-8-15(20-11(10)2)16(17-3)13-7-6-12(18-4)9-14(13)19-5/h6-9,16-17H,1-5H3. The molecule has 0 saturated heterocycles. The fourth-order valence-corrected chi connectivity index (χ4v) is 3.42. The molecule has 0 fully saturated rings. The zero-order valence-electron chi connectivity index (χ0n) is 12.6. The number of benzene rings is 1. The van der Waals surface area contributed by atoms with Gasteiger partial charge >= 0.3 is 0 Å². The predicted molar refractivity (Wildman–Crippen MR) is 84.2 cm³/mol. The smallest absolute Gasteiger partial charge is 0.127 e. The lowest BCUT2D eigenvalue weighted by atomic mass is 10.0. The normalized spacial score (nSPS) is 12.2. The molecule has 0 spiro atoms. The Balaban J connectivity index is 2.46. The highest BCUT2D eigenvalue weighted by atomic mass is 32.1. The maximum Gasteiger partial charge on any atom is 0.127 e. The largest absolute Gasteiger partial charge is 0.497 e. The first-order chi connectivity index (χ1) is 9.60. The van der Waals surface area contributed by atoms with Crippen molar-refractivity contribution in [1.29, 1.82) is 0 Å². The molecule has 108 valence electrons. The number of hydrogen-bond donors (Lipinski definition) is 1. The van der Waals surface area contributed by atoms with Crippen molar-refractivity contribution in [3.8, 4) is 11.5 Å². The minimum atomic E-state index is 0.133. The van der Waals surface area contributed by atoms with Crippen molar-refractivity contribution in [3.63, 3.8) is 0 Å². The number of rotatable bonds is 5. The quantitative estimate of drug-likeness (QED) is 0.911. The monoisotopic (exact) mass is 291 g/mol. The highest BCUT2D eigenvalue weighted by Crippen LogP contribution is 2.36. The molecule has 0 aliphatic heterocycles. The van der Waals surface area contributed by atoms with Crippen LogP contribution in [0.1, 0.15) is 26.9 Å². The van der Waals surface area contributed by atoms with E-state index in [0.29, 0.717) is 0 Å². The Kier molecular flexibility index (Phi) is 4.68. The maximum absolute atomic E-state index is 5.51. The van der Waals surface area contributed by atoms with E-state index < -0.39 is 0 Å². The summed E-state index contributed by atoms with van der Waals surface area (Å²) in [6.45, 7) is 4.30. The summed E-state index contributed by atoms with van der Waals surface area (Å²) in [5.41, 5.74) is 2.45. The molecule has 4 heteroatoms. The Morgan fingerprint density at radius 1 is 1.10 bits per heavy atom. The molecular weight excluding hydrogens is 270 g/mol. The summed E-state index contributed by atoms with van der Waals surface area (Å²) < 4.78 is 10.8. The van der Waals surface area contributed by atoms with E-state index in [9.17, 15) is 0 Å². The van der Waals surface area contributed by atoms with Gasteiger partial charge in [-0.3, -0.25) is 0 Å². The van der Waals surface area contributed by atoms with Gasteiger partial charge in [-0.2, -0.15) is 0 Å². The predicted octanol–water partition coefficient (Wildman–Crippen LogP) is 3.69. The molecule has 1 aromatic carbocycles. The molecule has 0 bridgehead atoms. The second-order valence-corrected chi connectivity index (χ2v) is 6.01. The zero-order chi connectivity index (χ0) is 14.7. The van der Waals surface area contributed by atoms with Crippen LogP contribution in [0.3, 0.4) is 0 Å². The fourth-order valence-electron chi connectivity index (χ4n) is 2.25. The van der Waals surface area contributed by atoms with Crippen LogP contribution in [-0.2, 0) is 0 Å². The van der Waals surface area contributed by atoms with E-state index in [2.05, 4.69) is 31.3 Å². The van der Waals surface area contributed by atoms with E-state index in [4.69, 9.17) is 9.47 Å². The van der Waals surface area contributed by atoms with Crippen LogP contribution in [0.4, 0.5) is 0 Å². The minimum absolute atomic E-state index is 0.133. The van der Waals surface area contributed by atoms with Crippen LogP contribution in [0, 0.1) is 13.8 Å². The van der Waals surface area contributed by atoms with Gasteiger partial charge in [-0.05, 0) is 44.7 Å². The molecule has 1 atom stereocenters. The first kappa shape index (κ1) is 14.9. The lowest BCUT2D eigenvalue weighted by Crippen LogP contribution is -2.17. The van der Waals surface area contributed by atoms with Gasteiger partial charge in [0.05, 0.1) is 20.3 Å². The molecule has 20 heavy (non-hydrogen) atoms. The topological polar surface area (TPSA) is 30.5 Å². The molecule has 2 aromatic rings. The number of ether oxygens (including phenoxy) is 2. The molecule has 1 N–H and O–H groups in total. The molecule has 0 radical (unpaired) electrons. The van der Waals surface area contributed by atoms with E-state index in [1.807, 2.05) is 30.5 Å². The van der Waals surface area contributed by atoms with Crippen LogP contribution < -0.4 is 14.8 Å². The second-order valence-electron chi connectivity index (χ2n) is 4.72. The van der Waals surface area contributed by atoms with Crippen molar-refractivity contribution in [1.82, 2.24) is 5.32 Å². The first-order valence-electron chi connectivity index (χ1n) is 6.56. The van der Waals surface area contributed by atoms with E-state index in [1.54, 1.807) is 14.2 Å². The Morgan fingerprint density at radius 2 is 1.85 bits per heavy atom. The Hall–Kier alpha value is -1.52. The molecule has 2 rings (SSSR count). The number of methoxy groups -OCH3 is 2. The molecule has 1 aromatic heterocycles. The fraction of sp³-hybridized carbons (Fsp3) is 0.375. The van der Waals surface area contributed by atoms with Gasteiger partial charge in [-0.25, -0.2) is 0 Å². The van der Waals surface area contributed by atoms with E-state index in [0.717, 1.165) is 17.1 Å². The molecular formula is C16H21NO2S. The number of aryl methyl sites for hydroxylation is 2. The Morgan fingerprint density at radius 3 is 2.35 bits per heavy atom. The summed E-state index contributed by atoms with van der Waals surface area (Å²) >= 11 is 1.82. The lowest BCUT2D eigenvalue weighted by Gasteiger charge is -2.19. The summed E-state index contributed by atoms with van der Waals surface area (Å²) in [6, 6.07) is 8.32. The zero-order valence-corrected chi connectivity index (χ0v) is 13.4. The van der Waals surface area contributed by atoms with Crippen molar-refractivity contribution in [2.45, 2.75) is 19.9 Å². The van der Waals surface area contributed by atoms with Gasteiger partial charge in [-0.1, -0.05) is 0 Å². The van der Waals surface area contributed by atoms with E-state index in [1.165, 1.54) is 15.3 Å². The van der Waals surface area contributed by atoms with Gasteiger partial charge in [0.1, 0.15) is 11.5 Å².